The van der Waals surface area contributed by atoms with Gasteiger partial charge in [0.15, 0.2) is 0 Å². The molecule has 0 aliphatic heterocycles. The molecule has 0 bridgehead atoms. The first kappa shape index (κ1) is 5.69. The third-order valence-corrected chi connectivity index (χ3v) is 3.32. The first-order valence-electron chi connectivity index (χ1n) is 3.77. The van der Waals surface area contributed by atoms with Crippen LogP contribution in [-0.4, -0.2) is 12.1 Å². The van der Waals surface area contributed by atoms with E-state index >= 15 is 0 Å². The summed E-state index contributed by atoms with van der Waals surface area (Å²) < 4.78 is 0. The molecule has 0 amide bonds. The van der Waals surface area contributed by atoms with E-state index in [1.54, 1.807) is 0 Å². The van der Waals surface area contributed by atoms with Crippen molar-refractivity contribution >= 4 is 0 Å². The van der Waals surface area contributed by atoms with Gasteiger partial charge in [0.2, 0.25) is 0 Å². The summed E-state index contributed by atoms with van der Waals surface area (Å²) in [5, 5.41) is 0. The SMILES string of the molecule is NC1CCC12CCC2N. The van der Waals surface area contributed by atoms with Crippen LogP contribution in [0.5, 0.6) is 0 Å². The summed E-state index contributed by atoms with van der Waals surface area (Å²) in [6.45, 7) is 0. The largest absolute Gasteiger partial charge is 0.327 e. The molecular formula is C7H14N2. The average Bonchev–Trinajstić information content (AvgIpc) is 1.82. The molecule has 0 aromatic heterocycles. The van der Waals surface area contributed by atoms with Crippen molar-refractivity contribution in [1.29, 1.82) is 0 Å². The van der Waals surface area contributed by atoms with Crippen molar-refractivity contribution in [1.82, 2.24) is 0 Å². The molecule has 2 nitrogen and oxygen atoms in total. The second kappa shape index (κ2) is 1.50. The minimum Gasteiger partial charge on any atom is -0.327 e. The zero-order chi connectivity index (χ0) is 6.48. The molecule has 2 heteroatoms. The van der Waals surface area contributed by atoms with Gasteiger partial charge >= 0.3 is 0 Å². The van der Waals surface area contributed by atoms with E-state index in [1.807, 2.05) is 0 Å². The van der Waals surface area contributed by atoms with Gasteiger partial charge in [0, 0.05) is 17.5 Å². The predicted octanol–water partition coefficient (Wildman–Crippen LogP) is 0.215. The number of hydrogen-bond acceptors (Lipinski definition) is 2. The van der Waals surface area contributed by atoms with Crippen molar-refractivity contribution in [3.05, 3.63) is 0 Å². The van der Waals surface area contributed by atoms with Crippen molar-refractivity contribution in [2.45, 2.75) is 37.8 Å². The zero-order valence-corrected chi connectivity index (χ0v) is 5.64. The fourth-order valence-electron chi connectivity index (χ4n) is 2.13. The molecule has 0 aromatic rings. The van der Waals surface area contributed by atoms with Crippen LogP contribution < -0.4 is 11.5 Å². The van der Waals surface area contributed by atoms with Crippen LogP contribution >= 0.6 is 0 Å². The molecule has 2 fully saturated rings. The fraction of sp³-hybridized carbons (Fsp3) is 1.00. The van der Waals surface area contributed by atoms with E-state index in [1.165, 1.54) is 25.7 Å². The minimum atomic E-state index is 0.417. The number of nitrogens with two attached hydrogens (primary N) is 2. The zero-order valence-electron chi connectivity index (χ0n) is 5.64. The molecule has 2 atom stereocenters. The Balaban J connectivity index is 2.08. The van der Waals surface area contributed by atoms with Crippen LogP contribution in [0.4, 0.5) is 0 Å². The third-order valence-electron chi connectivity index (χ3n) is 3.32. The molecule has 0 saturated heterocycles. The van der Waals surface area contributed by atoms with Crippen LogP contribution in [-0.2, 0) is 0 Å². The molecule has 1 spiro atoms. The highest BCUT2D eigenvalue weighted by Gasteiger charge is 2.54. The summed E-state index contributed by atoms with van der Waals surface area (Å²) >= 11 is 0. The topological polar surface area (TPSA) is 52.0 Å². The summed E-state index contributed by atoms with van der Waals surface area (Å²) in [7, 11) is 0. The monoisotopic (exact) mass is 126 g/mol. The first-order valence-corrected chi connectivity index (χ1v) is 3.77. The summed E-state index contributed by atoms with van der Waals surface area (Å²) in [5.74, 6) is 0. The Kier molecular flexibility index (Phi) is 0.945. The Bertz CT molecular complexity index is 117. The minimum absolute atomic E-state index is 0.417. The van der Waals surface area contributed by atoms with Gasteiger partial charge in [-0.05, 0) is 25.7 Å². The highest BCUT2D eigenvalue weighted by atomic mass is 14.9. The Morgan fingerprint density at radius 2 is 1.44 bits per heavy atom. The molecule has 0 aromatic carbocycles. The maximum absolute atomic E-state index is 5.83. The van der Waals surface area contributed by atoms with Gasteiger partial charge in [-0.3, -0.25) is 0 Å². The van der Waals surface area contributed by atoms with Crippen molar-refractivity contribution in [3.8, 4) is 0 Å². The molecule has 0 heterocycles. The molecule has 4 N–H and O–H groups in total. The number of rotatable bonds is 0. The van der Waals surface area contributed by atoms with E-state index in [0.29, 0.717) is 17.5 Å². The van der Waals surface area contributed by atoms with Gasteiger partial charge in [-0.15, -0.1) is 0 Å². The van der Waals surface area contributed by atoms with E-state index in [9.17, 15) is 0 Å². The van der Waals surface area contributed by atoms with Gasteiger partial charge in [0.05, 0.1) is 0 Å². The standard InChI is InChI=1S/C7H14N2/c8-5-1-3-7(5)4-2-6(7)9/h5-6H,1-4,8-9H2. The molecule has 2 aliphatic carbocycles. The van der Waals surface area contributed by atoms with Crippen LogP contribution in [0.3, 0.4) is 0 Å². The van der Waals surface area contributed by atoms with Crippen LogP contribution in [0, 0.1) is 5.41 Å². The van der Waals surface area contributed by atoms with Gasteiger partial charge in [-0.25, -0.2) is 0 Å². The highest BCUT2D eigenvalue weighted by molar-refractivity contribution is 5.10. The molecule has 2 unspecified atom stereocenters. The van der Waals surface area contributed by atoms with Crippen LogP contribution in [0.2, 0.25) is 0 Å². The van der Waals surface area contributed by atoms with Crippen LogP contribution in [0.25, 0.3) is 0 Å². The lowest BCUT2D eigenvalue weighted by Gasteiger charge is -2.58. The van der Waals surface area contributed by atoms with E-state index in [0.717, 1.165) is 0 Å². The summed E-state index contributed by atoms with van der Waals surface area (Å²) in [5.41, 5.74) is 12.1. The Morgan fingerprint density at radius 3 is 1.44 bits per heavy atom. The molecular weight excluding hydrogens is 112 g/mol. The predicted molar refractivity (Wildman–Crippen MR) is 36.9 cm³/mol. The second-order valence-corrected chi connectivity index (χ2v) is 3.52. The van der Waals surface area contributed by atoms with Crippen LogP contribution in [0.1, 0.15) is 25.7 Å². The van der Waals surface area contributed by atoms with Crippen molar-refractivity contribution in [2.75, 3.05) is 0 Å². The van der Waals surface area contributed by atoms with E-state index in [-0.39, 0.29) is 0 Å². The third kappa shape index (κ3) is 0.485. The van der Waals surface area contributed by atoms with Gasteiger partial charge in [-0.1, -0.05) is 0 Å². The van der Waals surface area contributed by atoms with Gasteiger partial charge in [0.1, 0.15) is 0 Å². The first-order chi connectivity index (χ1) is 4.26. The lowest BCUT2D eigenvalue weighted by molar-refractivity contribution is -0.0233. The molecule has 2 aliphatic rings. The van der Waals surface area contributed by atoms with Crippen molar-refractivity contribution < 1.29 is 0 Å². The van der Waals surface area contributed by atoms with Gasteiger partial charge in [0.25, 0.3) is 0 Å². The molecule has 2 saturated carbocycles. The van der Waals surface area contributed by atoms with E-state index in [4.69, 9.17) is 11.5 Å². The summed E-state index contributed by atoms with van der Waals surface area (Å²) in [4.78, 5) is 0. The van der Waals surface area contributed by atoms with E-state index in [2.05, 4.69) is 0 Å². The second-order valence-electron chi connectivity index (χ2n) is 3.52. The molecule has 2 rings (SSSR count). The molecule has 9 heavy (non-hydrogen) atoms. The Hall–Kier alpha value is -0.0800. The normalized spacial score (nSPS) is 56.7. The van der Waals surface area contributed by atoms with Crippen LogP contribution in [0.15, 0.2) is 0 Å². The Morgan fingerprint density at radius 1 is 1.00 bits per heavy atom. The number of hydrogen-bond donors (Lipinski definition) is 2. The highest BCUT2D eigenvalue weighted by Crippen LogP contribution is 2.53. The lowest BCUT2D eigenvalue weighted by atomic mass is 9.50. The quantitative estimate of drug-likeness (QED) is 0.487. The lowest BCUT2D eigenvalue weighted by Crippen LogP contribution is -2.65. The fourth-order valence-corrected chi connectivity index (χ4v) is 2.13. The maximum Gasteiger partial charge on any atom is 0.0111 e. The smallest absolute Gasteiger partial charge is 0.0111 e. The molecule has 52 valence electrons. The maximum atomic E-state index is 5.83. The van der Waals surface area contributed by atoms with Crippen molar-refractivity contribution in [2.24, 2.45) is 16.9 Å². The van der Waals surface area contributed by atoms with Crippen molar-refractivity contribution in [3.63, 3.8) is 0 Å². The summed E-state index contributed by atoms with van der Waals surface area (Å²) in [6.07, 6.45) is 4.98. The van der Waals surface area contributed by atoms with Gasteiger partial charge < -0.3 is 11.5 Å². The summed E-state index contributed by atoms with van der Waals surface area (Å²) in [6, 6.07) is 0.863. The average molecular weight is 126 g/mol. The molecule has 0 radical (unpaired) electrons. The Labute approximate surface area is 55.6 Å². The van der Waals surface area contributed by atoms with Gasteiger partial charge in [-0.2, -0.15) is 0 Å². The van der Waals surface area contributed by atoms with E-state index < -0.39 is 0 Å².